The van der Waals surface area contributed by atoms with Gasteiger partial charge in [0.2, 0.25) is 11.8 Å². The Labute approximate surface area is 79.7 Å². The number of nitrogens with zero attached hydrogens (tertiary/aromatic N) is 2. The summed E-state index contributed by atoms with van der Waals surface area (Å²) in [5.41, 5.74) is 2.27. The lowest BCUT2D eigenvalue weighted by molar-refractivity contribution is -0.141. The quantitative estimate of drug-likeness (QED) is 0.640. The second kappa shape index (κ2) is 4.97. The van der Waals surface area contributed by atoms with Gasteiger partial charge in [-0.05, 0) is 0 Å². The van der Waals surface area contributed by atoms with Gasteiger partial charge in [-0.2, -0.15) is 4.98 Å². The van der Waals surface area contributed by atoms with E-state index in [-0.39, 0.29) is 5.95 Å². The van der Waals surface area contributed by atoms with E-state index in [9.17, 15) is 4.79 Å². The number of carboxylic acid groups (broad SMARTS) is 1. The molecule has 7 heteroatoms. The zero-order chi connectivity index (χ0) is 10.4. The molecule has 1 aromatic heterocycles. The molecule has 0 aromatic carbocycles. The van der Waals surface area contributed by atoms with Gasteiger partial charge in [-0.3, -0.25) is 4.84 Å². The zero-order valence-corrected chi connectivity index (χ0v) is 7.43. The van der Waals surface area contributed by atoms with Crippen molar-refractivity contribution in [1.82, 2.24) is 9.97 Å². The SMILES string of the molecule is COc1ccnc(NOCC(=O)O)n1. The Balaban J connectivity index is 2.46. The number of aromatic nitrogens is 2. The fourth-order valence-corrected chi connectivity index (χ4v) is 0.667. The topological polar surface area (TPSA) is 93.6 Å². The molecular formula is C7H9N3O4. The highest BCUT2D eigenvalue weighted by atomic mass is 16.7. The van der Waals surface area contributed by atoms with E-state index in [1.807, 2.05) is 0 Å². The lowest BCUT2D eigenvalue weighted by atomic mass is 10.6. The van der Waals surface area contributed by atoms with Gasteiger partial charge in [0.15, 0.2) is 6.61 Å². The molecule has 0 fully saturated rings. The number of aliphatic carboxylic acids is 1. The van der Waals surface area contributed by atoms with Gasteiger partial charge in [0, 0.05) is 12.3 Å². The average molecular weight is 199 g/mol. The molecule has 7 nitrogen and oxygen atoms in total. The number of carboxylic acids is 1. The maximum atomic E-state index is 10.1. The largest absolute Gasteiger partial charge is 0.481 e. The Hall–Kier alpha value is -1.89. The molecule has 0 radical (unpaired) electrons. The summed E-state index contributed by atoms with van der Waals surface area (Å²) >= 11 is 0. The Morgan fingerprint density at radius 1 is 1.71 bits per heavy atom. The van der Waals surface area contributed by atoms with E-state index in [0.717, 1.165) is 0 Å². The second-order valence-electron chi connectivity index (χ2n) is 2.21. The summed E-state index contributed by atoms with van der Waals surface area (Å²) in [5, 5.41) is 8.26. The molecule has 0 unspecified atom stereocenters. The molecule has 0 saturated carbocycles. The normalized spacial score (nSPS) is 9.50. The van der Waals surface area contributed by atoms with Crippen LogP contribution in [0.4, 0.5) is 5.95 Å². The first-order valence-corrected chi connectivity index (χ1v) is 3.69. The molecule has 0 amide bonds. The van der Waals surface area contributed by atoms with Crippen molar-refractivity contribution in [3.63, 3.8) is 0 Å². The van der Waals surface area contributed by atoms with Crippen molar-refractivity contribution in [3.8, 4) is 5.88 Å². The van der Waals surface area contributed by atoms with E-state index < -0.39 is 12.6 Å². The number of anilines is 1. The summed E-state index contributed by atoms with van der Waals surface area (Å²) in [5.74, 6) is -0.576. The zero-order valence-electron chi connectivity index (χ0n) is 7.43. The van der Waals surface area contributed by atoms with Gasteiger partial charge in [0.1, 0.15) is 0 Å². The van der Waals surface area contributed by atoms with E-state index in [4.69, 9.17) is 9.84 Å². The lowest BCUT2D eigenvalue weighted by Gasteiger charge is -2.03. The van der Waals surface area contributed by atoms with E-state index in [1.165, 1.54) is 13.3 Å². The summed E-state index contributed by atoms with van der Waals surface area (Å²) in [7, 11) is 1.46. The summed E-state index contributed by atoms with van der Waals surface area (Å²) in [6.07, 6.45) is 1.46. The molecule has 0 spiro atoms. The standard InChI is InChI=1S/C7H9N3O4/c1-13-5-2-3-8-7(9-5)10-14-4-6(11)12/h2-3H,4H2,1H3,(H,11,12)(H,8,9,10). The first kappa shape index (κ1) is 10.2. The minimum Gasteiger partial charge on any atom is -0.481 e. The number of carbonyl (C=O) groups is 1. The number of nitrogens with one attached hydrogen (secondary N) is 1. The number of methoxy groups -OCH3 is 1. The first-order valence-electron chi connectivity index (χ1n) is 3.69. The van der Waals surface area contributed by atoms with Crippen LogP contribution >= 0.6 is 0 Å². The third-order valence-electron chi connectivity index (χ3n) is 1.20. The maximum absolute atomic E-state index is 10.1. The van der Waals surface area contributed by atoms with E-state index in [2.05, 4.69) is 20.3 Å². The van der Waals surface area contributed by atoms with Gasteiger partial charge in [-0.15, -0.1) is 0 Å². The highest BCUT2D eigenvalue weighted by Gasteiger charge is 2.00. The van der Waals surface area contributed by atoms with Gasteiger partial charge < -0.3 is 9.84 Å². The molecule has 0 aliphatic rings. The molecule has 1 rings (SSSR count). The summed E-state index contributed by atoms with van der Waals surface area (Å²) in [4.78, 5) is 22.2. The molecule has 76 valence electrons. The lowest BCUT2D eigenvalue weighted by Crippen LogP contribution is -2.12. The van der Waals surface area contributed by atoms with Gasteiger partial charge in [-0.25, -0.2) is 15.3 Å². The van der Waals surface area contributed by atoms with Crippen LogP contribution in [0.1, 0.15) is 0 Å². The number of ether oxygens (including phenoxy) is 1. The minimum atomic E-state index is -1.08. The van der Waals surface area contributed by atoms with Crippen LogP contribution < -0.4 is 10.2 Å². The molecule has 0 bridgehead atoms. The van der Waals surface area contributed by atoms with Crippen LogP contribution in [0.3, 0.4) is 0 Å². The Morgan fingerprint density at radius 3 is 3.14 bits per heavy atom. The smallest absolute Gasteiger partial charge is 0.332 e. The highest BCUT2D eigenvalue weighted by molar-refractivity contribution is 5.68. The Kier molecular flexibility index (Phi) is 3.62. The molecule has 0 atom stereocenters. The van der Waals surface area contributed by atoms with Gasteiger partial charge in [-0.1, -0.05) is 0 Å². The van der Waals surface area contributed by atoms with Crippen molar-refractivity contribution in [2.75, 3.05) is 19.2 Å². The van der Waals surface area contributed by atoms with E-state index in [1.54, 1.807) is 6.07 Å². The molecule has 0 aliphatic carbocycles. The van der Waals surface area contributed by atoms with Crippen molar-refractivity contribution in [2.24, 2.45) is 0 Å². The van der Waals surface area contributed by atoms with Crippen LogP contribution in [0.25, 0.3) is 0 Å². The predicted octanol–water partition coefficient (Wildman–Crippen LogP) is -0.0867. The fourth-order valence-electron chi connectivity index (χ4n) is 0.667. The van der Waals surface area contributed by atoms with Gasteiger partial charge in [0.25, 0.3) is 0 Å². The monoisotopic (exact) mass is 199 g/mol. The molecule has 14 heavy (non-hydrogen) atoms. The number of rotatable bonds is 5. The van der Waals surface area contributed by atoms with Crippen LogP contribution in [0.5, 0.6) is 5.88 Å². The van der Waals surface area contributed by atoms with Crippen molar-refractivity contribution in [2.45, 2.75) is 0 Å². The summed E-state index contributed by atoms with van der Waals surface area (Å²) in [6.45, 7) is -0.472. The summed E-state index contributed by atoms with van der Waals surface area (Å²) < 4.78 is 4.82. The maximum Gasteiger partial charge on any atom is 0.332 e. The molecule has 0 aliphatic heterocycles. The highest BCUT2D eigenvalue weighted by Crippen LogP contribution is 2.06. The van der Waals surface area contributed by atoms with E-state index >= 15 is 0 Å². The number of hydrogen-bond donors (Lipinski definition) is 2. The van der Waals surface area contributed by atoms with Crippen molar-refractivity contribution in [1.29, 1.82) is 0 Å². The van der Waals surface area contributed by atoms with Crippen LogP contribution in [-0.4, -0.2) is 34.8 Å². The molecule has 2 N–H and O–H groups in total. The number of hydrogen-bond acceptors (Lipinski definition) is 6. The van der Waals surface area contributed by atoms with Gasteiger partial charge >= 0.3 is 5.97 Å². The van der Waals surface area contributed by atoms with Crippen molar-refractivity contribution < 1.29 is 19.5 Å². The third-order valence-corrected chi connectivity index (χ3v) is 1.20. The fraction of sp³-hybridized carbons (Fsp3) is 0.286. The Bertz CT molecular complexity index is 318. The van der Waals surface area contributed by atoms with Crippen LogP contribution in [0, 0.1) is 0 Å². The van der Waals surface area contributed by atoms with Crippen LogP contribution in [0.2, 0.25) is 0 Å². The molecular weight excluding hydrogens is 190 g/mol. The Morgan fingerprint density at radius 2 is 2.50 bits per heavy atom. The van der Waals surface area contributed by atoms with Gasteiger partial charge in [0.05, 0.1) is 7.11 Å². The minimum absolute atomic E-state index is 0.144. The molecule has 1 heterocycles. The first-order chi connectivity index (χ1) is 6.72. The van der Waals surface area contributed by atoms with E-state index in [0.29, 0.717) is 5.88 Å². The van der Waals surface area contributed by atoms with Crippen LogP contribution in [0.15, 0.2) is 12.3 Å². The average Bonchev–Trinajstić information content (AvgIpc) is 2.18. The predicted molar refractivity (Wildman–Crippen MR) is 45.8 cm³/mol. The molecule has 0 saturated heterocycles. The van der Waals surface area contributed by atoms with Crippen LogP contribution in [-0.2, 0) is 9.63 Å². The third kappa shape index (κ3) is 3.23. The summed E-state index contributed by atoms with van der Waals surface area (Å²) in [6, 6.07) is 1.56. The van der Waals surface area contributed by atoms with Crippen molar-refractivity contribution in [3.05, 3.63) is 12.3 Å². The van der Waals surface area contributed by atoms with Crippen molar-refractivity contribution >= 4 is 11.9 Å². The molecule has 1 aromatic rings. The second-order valence-corrected chi connectivity index (χ2v) is 2.21.